The summed E-state index contributed by atoms with van der Waals surface area (Å²) in [6.07, 6.45) is 1.81. The number of fused-ring (bicyclic) bond motifs is 2. The van der Waals surface area contributed by atoms with Gasteiger partial charge >= 0.3 is 0 Å². The van der Waals surface area contributed by atoms with E-state index >= 15 is 0 Å². The molecule has 1 aromatic heterocycles. The van der Waals surface area contributed by atoms with Crippen LogP contribution in [-0.4, -0.2) is 48.0 Å². The number of benzene rings is 2. The molecule has 7 nitrogen and oxygen atoms in total. The van der Waals surface area contributed by atoms with Crippen LogP contribution in [0.1, 0.15) is 12.8 Å². The molecule has 1 saturated carbocycles. The number of nitrogens with one attached hydrogen (secondary N) is 2. The highest BCUT2D eigenvalue weighted by Gasteiger charge is 2.40. The predicted octanol–water partition coefficient (Wildman–Crippen LogP) is 2.61. The van der Waals surface area contributed by atoms with E-state index in [1.54, 1.807) is 13.2 Å². The molecule has 33 heavy (non-hydrogen) atoms. The fourth-order valence-corrected chi connectivity index (χ4v) is 5.23. The Kier molecular flexibility index (Phi) is 7.12. The average molecular weight is 469 g/mol. The summed E-state index contributed by atoms with van der Waals surface area (Å²) in [5, 5.41) is 12.5. The lowest BCUT2D eigenvalue weighted by Crippen LogP contribution is -2.51. The first-order valence-corrected chi connectivity index (χ1v) is 11.2. The molecule has 2 heterocycles. The van der Waals surface area contributed by atoms with Crippen LogP contribution in [0.4, 0.5) is 0 Å². The number of carbonyl (C=O) groups is 1. The lowest BCUT2D eigenvalue weighted by Gasteiger charge is -2.37. The number of amides is 1. The van der Waals surface area contributed by atoms with E-state index in [9.17, 15) is 9.59 Å². The maximum Gasteiger partial charge on any atom is 0.275 e. The molecule has 1 aliphatic heterocycles. The zero-order valence-electron chi connectivity index (χ0n) is 18.6. The molecule has 0 spiro atoms. The van der Waals surface area contributed by atoms with Crippen molar-refractivity contribution in [1.29, 1.82) is 0 Å². The van der Waals surface area contributed by atoms with Crippen molar-refractivity contribution in [3.8, 4) is 11.3 Å². The van der Waals surface area contributed by atoms with Gasteiger partial charge in [0.25, 0.3) is 5.56 Å². The average Bonchev–Trinajstić information content (AvgIpc) is 3.28. The number of nitrogens with zero attached hydrogens (tertiary/aromatic N) is 2. The smallest absolute Gasteiger partial charge is 0.275 e. The quantitative estimate of drug-likeness (QED) is 0.601. The molecule has 0 radical (unpaired) electrons. The first-order chi connectivity index (χ1) is 15.6. The van der Waals surface area contributed by atoms with Gasteiger partial charge in [-0.3, -0.25) is 9.59 Å². The van der Waals surface area contributed by atoms with Gasteiger partial charge in [-0.05, 0) is 43.8 Å². The van der Waals surface area contributed by atoms with Crippen LogP contribution in [0.5, 0.6) is 0 Å². The molecule has 4 atom stereocenters. The molecule has 1 amide bonds. The Bertz CT molecular complexity index is 1180. The van der Waals surface area contributed by atoms with Crippen molar-refractivity contribution in [3.05, 3.63) is 65.0 Å². The maximum atomic E-state index is 13.1. The SMILES string of the molecule is CO[C@H]1C[C@@H]2CNC[C@@H]2C[C@@H]1NC(=O)Cn1nc(-c2ccccc2)c2ccccc2c1=O.Cl. The second-order valence-corrected chi connectivity index (χ2v) is 8.82. The Morgan fingerprint density at radius 3 is 2.45 bits per heavy atom. The Morgan fingerprint density at radius 1 is 1.06 bits per heavy atom. The first kappa shape index (κ1) is 23.4. The van der Waals surface area contributed by atoms with Gasteiger partial charge in [0.05, 0.1) is 23.2 Å². The molecular weight excluding hydrogens is 440 g/mol. The van der Waals surface area contributed by atoms with Crippen LogP contribution in [0.2, 0.25) is 0 Å². The van der Waals surface area contributed by atoms with Crippen LogP contribution in [0.3, 0.4) is 0 Å². The van der Waals surface area contributed by atoms with Crippen LogP contribution in [0.25, 0.3) is 22.0 Å². The molecule has 174 valence electrons. The third-order valence-electron chi connectivity index (χ3n) is 6.88. The van der Waals surface area contributed by atoms with Crippen LogP contribution in [-0.2, 0) is 16.1 Å². The molecule has 1 aliphatic carbocycles. The fraction of sp³-hybridized carbons (Fsp3) is 0.400. The fourth-order valence-electron chi connectivity index (χ4n) is 5.23. The van der Waals surface area contributed by atoms with Gasteiger partial charge in [0, 0.05) is 18.1 Å². The van der Waals surface area contributed by atoms with Gasteiger partial charge in [-0.15, -0.1) is 12.4 Å². The van der Waals surface area contributed by atoms with Gasteiger partial charge < -0.3 is 15.4 Å². The Hall–Kier alpha value is -2.74. The lowest BCUT2D eigenvalue weighted by atomic mass is 9.77. The molecule has 5 rings (SSSR count). The summed E-state index contributed by atoms with van der Waals surface area (Å²) in [5.74, 6) is 0.939. The van der Waals surface area contributed by atoms with E-state index in [1.807, 2.05) is 48.5 Å². The van der Waals surface area contributed by atoms with E-state index in [1.165, 1.54) is 4.68 Å². The van der Waals surface area contributed by atoms with Crippen molar-refractivity contribution in [2.75, 3.05) is 20.2 Å². The minimum atomic E-state index is -0.262. The molecular formula is C25H29ClN4O3. The highest BCUT2D eigenvalue weighted by atomic mass is 35.5. The zero-order chi connectivity index (χ0) is 22.1. The second kappa shape index (κ2) is 10.0. The Balaban J connectivity index is 0.00000259. The number of carbonyl (C=O) groups excluding carboxylic acids is 1. The number of rotatable bonds is 5. The molecule has 2 fully saturated rings. The summed E-state index contributed by atoms with van der Waals surface area (Å²) < 4.78 is 6.98. The van der Waals surface area contributed by atoms with Crippen molar-refractivity contribution >= 4 is 29.1 Å². The molecule has 0 bridgehead atoms. The summed E-state index contributed by atoms with van der Waals surface area (Å²) in [5.41, 5.74) is 1.34. The summed E-state index contributed by atoms with van der Waals surface area (Å²) in [4.78, 5) is 26.1. The van der Waals surface area contributed by atoms with Gasteiger partial charge in [0.2, 0.25) is 5.91 Å². The van der Waals surface area contributed by atoms with Crippen LogP contribution < -0.4 is 16.2 Å². The molecule has 3 aromatic rings. The minimum absolute atomic E-state index is 0. The topological polar surface area (TPSA) is 85.2 Å². The molecule has 2 N–H and O–H groups in total. The van der Waals surface area contributed by atoms with E-state index in [-0.39, 0.29) is 42.6 Å². The van der Waals surface area contributed by atoms with Crippen LogP contribution in [0, 0.1) is 11.8 Å². The standard InChI is InChI=1S/C25H28N4O3.ClH/c1-32-22-12-18-14-26-13-17(18)11-21(22)27-23(30)15-29-25(31)20-10-6-5-9-19(20)24(28-29)16-7-3-2-4-8-16;/h2-10,17-18,21-22,26H,11-15H2,1H3,(H,27,30);1H/t17-,18+,21-,22-;/m0./s1. The summed E-state index contributed by atoms with van der Waals surface area (Å²) >= 11 is 0. The molecule has 2 aromatic carbocycles. The molecule has 1 saturated heterocycles. The van der Waals surface area contributed by atoms with E-state index < -0.39 is 0 Å². The third-order valence-corrected chi connectivity index (χ3v) is 6.88. The van der Waals surface area contributed by atoms with Crippen molar-refractivity contribution in [1.82, 2.24) is 20.4 Å². The van der Waals surface area contributed by atoms with Crippen molar-refractivity contribution in [2.24, 2.45) is 11.8 Å². The number of hydrogen-bond acceptors (Lipinski definition) is 5. The van der Waals surface area contributed by atoms with E-state index in [0.29, 0.717) is 22.9 Å². The van der Waals surface area contributed by atoms with E-state index in [0.717, 1.165) is 36.9 Å². The van der Waals surface area contributed by atoms with Gasteiger partial charge in [-0.2, -0.15) is 5.10 Å². The number of aromatic nitrogens is 2. The Morgan fingerprint density at radius 2 is 1.73 bits per heavy atom. The maximum absolute atomic E-state index is 13.1. The van der Waals surface area contributed by atoms with Gasteiger partial charge in [0.1, 0.15) is 6.54 Å². The van der Waals surface area contributed by atoms with Gasteiger partial charge in [0.15, 0.2) is 0 Å². The monoisotopic (exact) mass is 468 g/mol. The summed E-state index contributed by atoms with van der Waals surface area (Å²) in [7, 11) is 1.70. The van der Waals surface area contributed by atoms with E-state index in [4.69, 9.17) is 4.74 Å². The summed E-state index contributed by atoms with van der Waals surface area (Å²) in [6, 6.07) is 17.1. The number of halogens is 1. The van der Waals surface area contributed by atoms with Crippen LogP contribution in [0.15, 0.2) is 59.4 Å². The third kappa shape index (κ3) is 4.67. The van der Waals surface area contributed by atoms with Crippen molar-refractivity contribution in [2.45, 2.75) is 31.5 Å². The normalized spacial score (nSPS) is 24.2. The molecule has 8 heteroatoms. The highest BCUT2D eigenvalue weighted by molar-refractivity contribution is 5.93. The summed E-state index contributed by atoms with van der Waals surface area (Å²) in [6.45, 7) is 1.88. The second-order valence-electron chi connectivity index (χ2n) is 8.82. The largest absolute Gasteiger partial charge is 0.379 e. The first-order valence-electron chi connectivity index (χ1n) is 11.2. The highest BCUT2D eigenvalue weighted by Crippen LogP contribution is 2.34. The van der Waals surface area contributed by atoms with Crippen molar-refractivity contribution < 1.29 is 9.53 Å². The number of hydrogen-bond donors (Lipinski definition) is 2. The zero-order valence-corrected chi connectivity index (χ0v) is 19.4. The minimum Gasteiger partial charge on any atom is -0.379 e. The van der Waals surface area contributed by atoms with Crippen molar-refractivity contribution in [3.63, 3.8) is 0 Å². The van der Waals surface area contributed by atoms with Gasteiger partial charge in [-0.1, -0.05) is 48.5 Å². The van der Waals surface area contributed by atoms with Gasteiger partial charge in [-0.25, -0.2) is 4.68 Å². The predicted molar refractivity (Wildman–Crippen MR) is 130 cm³/mol. The molecule has 0 unspecified atom stereocenters. The van der Waals surface area contributed by atoms with E-state index in [2.05, 4.69) is 15.7 Å². The number of ether oxygens (including phenoxy) is 1. The Labute approximate surface area is 198 Å². The number of methoxy groups -OCH3 is 1. The molecule has 2 aliphatic rings. The van der Waals surface area contributed by atoms with Crippen LogP contribution >= 0.6 is 12.4 Å². The lowest BCUT2D eigenvalue weighted by molar-refractivity contribution is -0.124.